The molecular weight excluding hydrogens is 310 g/mol. The van der Waals surface area contributed by atoms with E-state index in [1.165, 1.54) is 0 Å². The molecule has 124 valence electrons. The summed E-state index contributed by atoms with van der Waals surface area (Å²) < 4.78 is 3.89. The Morgan fingerprint density at radius 2 is 1.68 bits per heavy atom. The Kier molecular flexibility index (Phi) is 3.53. The highest BCUT2D eigenvalue weighted by Crippen LogP contribution is 2.25. The highest BCUT2D eigenvalue weighted by atomic mass is 16.1. The molecule has 0 spiro atoms. The highest BCUT2D eigenvalue weighted by Gasteiger charge is 2.20. The number of ketones is 1. The number of fused-ring (bicyclic) bond motifs is 3. The number of carbonyl (C=O) groups is 1. The Labute approximate surface area is 146 Å². The van der Waals surface area contributed by atoms with Gasteiger partial charge in [0.2, 0.25) is 0 Å². The van der Waals surface area contributed by atoms with Gasteiger partial charge >= 0.3 is 0 Å². The number of aryl methyl sites for hydroxylation is 3. The molecule has 2 heterocycles. The first-order chi connectivity index (χ1) is 12.1. The van der Waals surface area contributed by atoms with E-state index in [2.05, 4.69) is 5.10 Å². The minimum absolute atomic E-state index is 0.0262. The van der Waals surface area contributed by atoms with Crippen LogP contribution in [0.2, 0.25) is 0 Å². The molecule has 2 aromatic heterocycles. The molecule has 4 rings (SSSR count). The van der Waals surface area contributed by atoms with E-state index in [0.717, 1.165) is 33.5 Å². The third-order valence-corrected chi connectivity index (χ3v) is 4.67. The number of aromatic nitrogens is 3. The number of nitrogens with zero attached hydrogens (tertiary/aromatic N) is 3. The van der Waals surface area contributed by atoms with E-state index < -0.39 is 0 Å². The number of allylic oxidation sites excluding steroid dienone is 1. The number of imidazole rings is 1. The summed E-state index contributed by atoms with van der Waals surface area (Å²) in [6.45, 7) is 3.92. The van der Waals surface area contributed by atoms with Crippen LogP contribution in [-0.2, 0) is 7.05 Å². The Balaban J connectivity index is 1.85. The maximum atomic E-state index is 12.9. The van der Waals surface area contributed by atoms with Crippen molar-refractivity contribution < 1.29 is 4.79 Å². The predicted molar refractivity (Wildman–Crippen MR) is 101 cm³/mol. The molecule has 0 amide bonds. The molecule has 0 aliphatic heterocycles. The molecule has 0 saturated carbocycles. The van der Waals surface area contributed by atoms with Crippen LogP contribution in [0.15, 0.2) is 54.6 Å². The summed E-state index contributed by atoms with van der Waals surface area (Å²) in [7, 11) is 1.97. The average molecular weight is 329 g/mol. The number of hydrogen-bond donors (Lipinski definition) is 0. The first kappa shape index (κ1) is 15.4. The van der Waals surface area contributed by atoms with Crippen molar-refractivity contribution >= 4 is 28.5 Å². The minimum atomic E-state index is -0.0262. The number of rotatable bonds is 3. The van der Waals surface area contributed by atoms with Crippen molar-refractivity contribution in [1.82, 2.24) is 14.2 Å². The van der Waals surface area contributed by atoms with Gasteiger partial charge < -0.3 is 4.57 Å². The fourth-order valence-electron chi connectivity index (χ4n) is 3.34. The van der Waals surface area contributed by atoms with Gasteiger partial charge in [-0.2, -0.15) is 5.10 Å². The summed E-state index contributed by atoms with van der Waals surface area (Å²) in [6.07, 6.45) is 3.52. The normalized spacial score (nSPS) is 11.8. The lowest BCUT2D eigenvalue weighted by Gasteiger charge is -2.00. The Bertz CT molecular complexity index is 1140. The summed E-state index contributed by atoms with van der Waals surface area (Å²) in [6, 6.07) is 16.1. The number of hydrogen-bond acceptors (Lipinski definition) is 2. The second-order valence-electron chi connectivity index (χ2n) is 6.30. The smallest absolute Gasteiger partial charge is 0.191 e. The zero-order valence-corrected chi connectivity index (χ0v) is 14.5. The van der Waals surface area contributed by atoms with Gasteiger partial charge in [-0.1, -0.05) is 42.5 Å². The molecule has 0 fully saturated rings. The maximum Gasteiger partial charge on any atom is 0.191 e. The molecule has 4 nitrogen and oxygen atoms in total. The van der Waals surface area contributed by atoms with Crippen LogP contribution in [0.5, 0.6) is 0 Å². The van der Waals surface area contributed by atoms with Gasteiger partial charge in [0.15, 0.2) is 5.78 Å². The van der Waals surface area contributed by atoms with E-state index in [1.807, 2.05) is 84.6 Å². The molecule has 4 heteroatoms. The monoisotopic (exact) mass is 329 g/mol. The van der Waals surface area contributed by atoms with Crippen LogP contribution < -0.4 is 0 Å². The molecule has 25 heavy (non-hydrogen) atoms. The van der Waals surface area contributed by atoms with Gasteiger partial charge in [0, 0.05) is 7.05 Å². The van der Waals surface area contributed by atoms with Crippen LogP contribution in [0.1, 0.15) is 27.2 Å². The highest BCUT2D eigenvalue weighted by molar-refractivity contribution is 6.12. The number of benzene rings is 2. The van der Waals surface area contributed by atoms with Crippen molar-refractivity contribution in [1.29, 1.82) is 0 Å². The fourth-order valence-corrected chi connectivity index (χ4v) is 3.34. The van der Waals surface area contributed by atoms with E-state index in [9.17, 15) is 4.79 Å². The van der Waals surface area contributed by atoms with Gasteiger partial charge in [-0.3, -0.25) is 4.79 Å². The predicted octanol–water partition coefficient (Wildman–Crippen LogP) is 4.34. The summed E-state index contributed by atoms with van der Waals surface area (Å²) in [4.78, 5) is 12.9. The zero-order valence-electron chi connectivity index (χ0n) is 14.5. The lowest BCUT2D eigenvalue weighted by atomic mass is 10.1. The molecule has 0 bridgehead atoms. The van der Waals surface area contributed by atoms with Gasteiger partial charge in [-0.05, 0) is 43.2 Å². The van der Waals surface area contributed by atoms with E-state index in [4.69, 9.17) is 0 Å². The first-order valence-electron chi connectivity index (χ1n) is 8.28. The van der Waals surface area contributed by atoms with Crippen LogP contribution >= 0.6 is 0 Å². The van der Waals surface area contributed by atoms with Gasteiger partial charge in [0.25, 0.3) is 0 Å². The molecule has 0 aliphatic carbocycles. The van der Waals surface area contributed by atoms with Gasteiger partial charge in [0.1, 0.15) is 5.65 Å². The van der Waals surface area contributed by atoms with Crippen LogP contribution in [0.25, 0.3) is 22.8 Å². The SMILES string of the molecule is Cc1ccccc1C=CC(=O)c1c(C)nn2c3ccccc3n(C)c12. The molecule has 4 aromatic rings. The van der Waals surface area contributed by atoms with E-state index in [1.54, 1.807) is 6.08 Å². The van der Waals surface area contributed by atoms with Gasteiger partial charge in [0.05, 0.1) is 22.3 Å². The maximum absolute atomic E-state index is 12.9. The molecular formula is C21H19N3O. The summed E-state index contributed by atoms with van der Waals surface area (Å²) in [5.41, 5.74) is 6.49. The second-order valence-corrected chi connectivity index (χ2v) is 6.30. The molecule has 0 radical (unpaired) electrons. The summed E-state index contributed by atoms with van der Waals surface area (Å²) in [5.74, 6) is -0.0262. The molecule has 0 aliphatic rings. The lowest BCUT2D eigenvalue weighted by molar-refractivity contribution is 0.104. The standard InChI is InChI=1S/C21H19N3O/c1-14-8-4-5-9-16(14)12-13-19(25)20-15(2)22-24-18-11-7-6-10-17(18)23(3)21(20)24/h4-13H,1-3H3. The van der Waals surface area contributed by atoms with Crippen LogP contribution in [0, 0.1) is 13.8 Å². The van der Waals surface area contributed by atoms with Crippen molar-refractivity contribution in [2.45, 2.75) is 13.8 Å². The molecule has 2 aromatic carbocycles. The van der Waals surface area contributed by atoms with Crippen molar-refractivity contribution in [2.75, 3.05) is 0 Å². The number of para-hydroxylation sites is 2. The van der Waals surface area contributed by atoms with Crippen molar-refractivity contribution in [3.63, 3.8) is 0 Å². The Hall–Kier alpha value is -3.14. The molecule has 0 saturated heterocycles. The van der Waals surface area contributed by atoms with Crippen molar-refractivity contribution in [2.24, 2.45) is 7.05 Å². The summed E-state index contributed by atoms with van der Waals surface area (Å²) in [5, 5.41) is 4.60. The van der Waals surface area contributed by atoms with Gasteiger partial charge in [-0.25, -0.2) is 4.52 Å². The molecule has 0 N–H and O–H groups in total. The quantitative estimate of drug-likeness (QED) is 0.414. The Morgan fingerprint density at radius 1 is 1.00 bits per heavy atom. The molecule has 0 unspecified atom stereocenters. The van der Waals surface area contributed by atoms with E-state index >= 15 is 0 Å². The topological polar surface area (TPSA) is 39.3 Å². The van der Waals surface area contributed by atoms with Crippen molar-refractivity contribution in [3.8, 4) is 0 Å². The minimum Gasteiger partial charge on any atom is -0.327 e. The molecule has 0 atom stereocenters. The first-order valence-corrected chi connectivity index (χ1v) is 8.28. The zero-order chi connectivity index (χ0) is 17.6. The third-order valence-electron chi connectivity index (χ3n) is 4.67. The van der Waals surface area contributed by atoms with E-state index in [-0.39, 0.29) is 5.78 Å². The van der Waals surface area contributed by atoms with E-state index in [0.29, 0.717) is 5.56 Å². The van der Waals surface area contributed by atoms with Crippen molar-refractivity contribution in [3.05, 3.63) is 77.0 Å². The average Bonchev–Trinajstić information content (AvgIpc) is 3.09. The lowest BCUT2D eigenvalue weighted by Crippen LogP contribution is -2.00. The number of carbonyl (C=O) groups excluding carboxylic acids is 1. The van der Waals surface area contributed by atoms with Gasteiger partial charge in [-0.15, -0.1) is 0 Å². The largest absolute Gasteiger partial charge is 0.327 e. The summed E-state index contributed by atoms with van der Waals surface area (Å²) >= 11 is 0. The third kappa shape index (κ3) is 2.38. The fraction of sp³-hybridized carbons (Fsp3) is 0.143. The van der Waals surface area contributed by atoms with Crippen LogP contribution in [0.3, 0.4) is 0 Å². The Morgan fingerprint density at radius 3 is 2.44 bits per heavy atom. The second kappa shape index (κ2) is 5.74. The van der Waals surface area contributed by atoms with Crippen LogP contribution in [0.4, 0.5) is 0 Å². The van der Waals surface area contributed by atoms with Crippen LogP contribution in [-0.4, -0.2) is 20.0 Å².